The summed E-state index contributed by atoms with van der Waals surface area (Å²) in [5.74, 6) is -0.920. The van der Waals surface area contributed by atoms with Crippen LogP contribution in [0.1, 0.15) is 25.5 Å². The van der Waals surface area contributed by atoms with Crippen molar-refractivity contribution in [3.63, 3.8) is 0 Å². The molecule has 2 fully saturated rings. The van der Waals surface area contributed by atoms with Crippen molar-refractivity contribution < 1.29 is 28.1 Å². The molecule has 1 atom stereocenters. The van der Waals surface area contributed by atoms with Gasteiger partial charge in [-0.1, -0.05) is 4.99 Å². The highest BCUT2D eigenvalue weighted by molar-refractivity contribution is 5.90. The predicted octanol–water partition coefficient (Wildman–Crippen LogP) is 2.57. The Hall–Kier alpha value is -3.96. The van der Waals surface area contributed by atoms with Gasteiger partial charge in [-0.15, -0.1) is 0 Å². The topological polar surface area (TPSA) is 131 Å². The lowest BCUT2D eigenvalue weighted by atomic mass is 10.0. The second-order valence-electron chi connectivity index (χ2n) is 8.09. The first-order valence-corrected chi connectivity index (χ1v) is 10.8. The number of carbonyl (C=O) groups excluding carboxylic acids is 2. The Morgan fingerprint density at radius 1 is 1.32 bits per heavy atom. The Labute approximate surface area is 194 Å². The quantitative estimate of drug-likeness (QED) is 0.295. The van der Waals surface area contributed by atoms with Gasteiger partial charge < -0.3 is 29.5 Å². The van der Waals surface area contributed by atoms with Gasteiger partial charge in [0.1, 0.15) is 18.0 Å². The van der Waals surface area contributed by atoms with Crippen LogP contribution >= 0.6 is 0 Å². The maximum Gasteiger partial charge on any atom is 0.414 e. The van der Waals surface area contributed by atoms with E-state index in [4.69, 9.17) is 9.15 Å². The molecule has 3 heterocycles. The number of nitrogens with one attached hydrogen (secondary N) is 1. The monoisotopic (exact) mass is 473 g/mol. The summed E-state index contributed by atoms with van der Waals surface area (Å²) < 4.78 is 25.3. The number of aliphatic imine (C=N–C) groups is 1. The van der Waals surface area contributed by atoms with Gasteiger partial charge in [0, 0.05) is 32.9 Å². The van der Waals surface area contributed by atoms with E-state index in [1.54, 1.807) is 18.2 Å². The zero-order valence-electron chi connectivity index (χ0n) is 18.5. The van der Waals surface area contributed by atoms with Gasteiger partial charge in [0.15, 0.2) is 0 Å². The molecule has 2 aliphatic heterocycles. The van der Waals surface area contributed by atoms with Crippen molar-refractivity contribution in [1.82, 2.24) is 5.32 Å². The maximum absolute atomic E-state index is 15.0. The molecule has 1 N–H and O–H groups in total. The fourth-order valence-corrected chi connectivity index (χ4v) is 4.03. The Kier molecular flexibility index (Phi) is 6.75. The number of benzene rings is 1. The van der Waals surface area contributed by atoms with E-state index in [0.717, 1.165) is 0 Å². The molecule has 2 saturated heterocycles. The lowest BCUT2D eigenvalue weighted by Gasteiger charge is -2.30. The molecule has 0 aliphatic carbocycles. The van der Waals surface area contributed by atoms with Crippen molar-refractivity contribution >= 4 is 29.2 Å². The lowest BCUT2D eigenvalue weighted by molar-refractivity contribution is -0.350. The number of carbonyl (C=O) groups is 2. The van der Waals surface area contributed by atoms with Gasteiger partial charge in [0.25, 0.3) is 0 Å². The molecule has 0 saturated carbocycles. The SMILES string of the molecule is CC(=O)NC[C@H]1CN(c2ccc(N3CCC(N=C(c4ccco4)[N+](=O)[O-])CC3)c(F)c2)C(=O)O1. The maximum atomic E-state index is 15.0. The molecule has 180 valence electrons. The van der Waals surface area contributed by atoms with Crippen LogP contribution in [-0.2, 0) is 9.53 Å². The molecular formula is C22H24FN5O6. The van der Waals surface area contributed by atoms with Gasteiger partial charge in [-0.2, -0.15) is 0 Å². The number of nitro groups is 1. The molecule has 2 aliphatic rings. The van der Waals surface area contributed by atoms with E-state index in [9.17, 15) is 24.1 Å². The van der Waals surface area contributed by atoms with Gasteiger partial charge in [-0.05, 0) is 35.3 Å². The van der Waals surface area contributed by atoms with Gasteiger partial charge >= 0.3 is 11.9 Å². The molecule has 1 aromatic carbocycles. The first-order valence-electron chi connectivity index (χ1n) is 10.8. The number of furan rings is 1. The number of anilines is 2. The van der Waals surface area contributed by atoms with Crippen molar-refractivity contribution in [3.8, 4) is 0 Å². The standard InChI is InChI=1S/C22H24FN5O6/c1-14(29)24-12-17-13-27(22(30)34-17)16-4-5-19(18(23)11-16)26-8-6-15(7-9-26)25-21(28(31)32)20-3-2-10-33-20/h2-5,10-11,15,17H,6-9,12-13H2,1H3,(H,24,29)/t17-/m0/s1. The van der Waals surface area contributed by atoms with Crippen molar-refractivity contribution in [2.24, 2.45) is 4.99 Å². The number of piperidine rings is 1. The van der Waals surface area contributed by atoms with E-state index >= 15 is 0 Å². The van der Waals surface area contributed by atoms with Crippen molar-refractivity contribution in [3.05, 3.63) is 58.3 Å². The first-order chi connectivity index (χ1) is 16.3. The molecule has 11 nitrogen and oxygen atoms in total. The number of halogens is 1. The highest BCUT2D eigenvalue weighted by Gasteiger charge is 2.33. The molecule has 0 bridgehead atoms. The van der Waals surface area contributed by atoms with Crippen LogP contribution in [0.3, 0.4) is 0 Å². The van der Waals surface area contributed by atoms with Crippen LogP contribution in [0.2, 0.25) is 0 Å². The number of amides is 2. The second-order valence-corrected chi connectivity index (χ2v) is 8.09. The lowest BCUT2D eigenvalue weighted by Crippen LogP contribution is -2.36. The fraction of sp³-hybridized carbons (Fsp3) is 0.409. The van der Waals surface area contributed by atoms with E-state index in [2.05, 4.69) is 10.3 Å². The van der Waals surface area contributed by atoms with Gasteiger partial charge in [0.2, 0.25) is 11.7 Å². The van der Waals surface area contributed by atoms with E-state index < -0.39 is 22.9 Å². The van der Waals surface area contributed by atoms with Crippen LogP contribution in [0.4, 0.5) is 20.6 Å². The summed E-state index contributed by atoms with van der Waals surface area (Å²) in [7, 11) is 0. The van der Waals surface area contributed by atoms with E-state index in [1.807, 2.05) is 4.90 Å². The Morgan fingerprint density at radius 3 is 2.71 bits per heavy atom. The Bertz CT molecular complexity index is 1100. The molecule has 34 heavy (non-hydrogen) atoms. The number of ether oxygens (including phenoxy) is 1. The molecule has 1 aromatic heterocycles. The molecular weight excluding hydrogens is 449 g/mol. The smallest absolute Gasteiger partial charge is 0.414 e. The Balaban J connectivity index is 1.39. The van der Waals surface area contributed by atoms with Crippen LogP contribution in [0.15, 0.2) is 46.0 Å². The molecule has 2 amide bonds. The summed E-state index contributed by atoms with van der Waals surface area (Å²) >= 11 is 0. The Morgan fingerprint density at radius 2 is 2.09 bits per heavy atom. The third-order valence-corrected chi connectivity index (χ3v) is 5.72. The largest absolute Gasteiger partial charge is 0.456 e. The van der Waals surface area contributed by atoms with E-state index in [0.29, 0.717) is 37.3 Å². The van der Waals surface area contributed by atoms with Crippen LogP contribution < -0.4 is 15.1 Å². The van der Waals surface area contributed by atoms with Crippen molar-refractivity contribution in [2.45, 2.75) is 31.9 Å². The number of nitrogens with zero attached hydrogens (tertiary/aromatic N) is 4. The zero-order chi connectivity index (χ0) is 24.2. The molecule has 12 heteroatoms. The van der Waals surface area contributed by atoms with Crippen LogP contribution in [0.5, 0.6) is 0 Å². The zero-order valence-corrected chi connectivity index (χ0v) is 18.5. The third-order valence-electron chi connectivity index (χ3n) is 5.72. The van der Waals surface area contributed by atoms with E-state index in [1.165, 1.54) is 30.2 Å². The number of hydrogen-bond donors (Lipinski definition) is 1. The average Bonchev–Trinajstić information content (AvgIpc) is 3.46. The molecule has 0 spiro atoms. The summed E-state index contributed by atoms with van der Waals surface area (Å²) in [6.45, 7) is 2.71. The molecule has 4 rings (SSSR count). The molecule has 2 aromatic rings. The minimum Gasteiger partial charge on any atom is -0.456 e. The van der Waals surface area contributed by atoms with Gasteiger partial charge in [0.05, 0.1) is 30.7 Å². The normalized spacial score (nSPS) is 19.3. The fourth-order valence-electron chi connectivity index (χ4n) is 4.03. The summed E-state index contributed by atoms with van der Waals surface area (Å²) in [6.07, 6.45) is 1.28. The third kappa shape index (κ3) is 5.16. The average molecular weight is 473 g/mol. The second kappa shape index (κ2) is 9.89. The van der Waals surface area contributed by atoms with Crippen LogP contribution in [0.25, 0.3) is 0 Å². The predicted molar refractivity (Wildman–Crippen MR) is 120 cm³/mol. The van der Waals surface area contributed by atoms with Crippen LogP contribution in [0, 0.1) is 15.9 Å². The van der Waals surface area contributed by atoms with Crippen LogP contribution in [-0.4, -0.2) is 61.1 Å². The number of amidine groups is 1. The number of rotatable bonds is 6. The van der Waals surface area contributed by atoms with Crippen molar-refractivity contribution in [1.29, 1.82) is 0 Å². The molecule has 0 unspecified atom stereocenters. The number of cyclic esters (lactones) is 1. The van der Waals surface area contributed by atoms with E-state index in [-0.39, 0.29) is 36.6 Å². The van der Waals surface area contributed by atoms with Crippen molar-refractivity contribution in [2.75, 3.05) is 36.0 Å². The van der Waals surface area contributed by atoms with Gasteiger partial charge in [-0.25, -0.2) is 9.18 Å². The minimum absolute atomic E-state index is 0.105. The highest BCUT2D eigenvalue weighted by Crippen LogP contribution is 2.30. The van der Waals surface area contributed by atoms with Gasteiger partial charge in [-0.3, -0.25) is 9.69 Å². The summed E-state index contributed by atoms with van der Waals surface area (Å²) in [5.41, 5.74) is 0.749. The summed E-state index contributed by atoms with van der Waals surface area (Å²) in [5, 5.41) is 13.9. The number of hydrogen-bond acceptors (Lipinski definition) is 8. The minimum atomic E-state index is -0.598. The summed E-state index contributed by atoms with van der Waals surface area (Å²) in [6, 6.07) is 7.31. The highest BCUT2D eigenvalue weighted by atomic mass is 19.1. The molecule has 0 radical (unpaired) electrons. The first kappa shape index (κ1) is 23.2. The summed E-state index contributed by atoms with van der Waals surface area (Å²) in [4.78, 5) is 41.5.